The summed E-state index contributed by atoms with van der Waals surface area (Å²) in [4.78, 5) is 14.4. The maximum absolute atomic E-state index is 13.3. The molecule has 1 aliphatic rings. The molecule has 38 heavy (non-hydrogen) atoms. The Morgan fingerprint density at radius 2 is 1.74 bits per heavy atom. The van der Waals surface area contributed by atoms with Gasteiger partial charge in [0, 0.05) is 10.6 Å². The first-order valence-electron chi connectivity index (χ1n) is 10.5. The number of alkyl halides is 3. The van der Waals surface area contributed by atoms with Crippen LogP contribution >= 0.6 is 35.4 Å². The van der Waals surface area contributed by atoms with Crippen LogP contribution in [0.5, 0.6) is 0 Å². The predicted molar refractivity (Wildman–Crippen MR) is 143 cm³/mol. The molecule has 0 aliphatic carbocycles. The number of halogens is 5. The van der Waals surface area contributed by atoms with Crippen LogP contribution in [0.3, 0.4) is 0 Å². The molecule has 0 atom stereocenters. The van der Waals surface area contributed by atoms with Crippen molar-refractivity contribution in [1.29, 1.82) is 0 Å². The monoisotopic (exact) mass is 601 g/mol. The van der Waals surface area contributed by atoms with Crippen molar-refractivity contribution in [3.63, 3.8) is 0 Å². The minimum atomic E-state index is -4.50. The minimum absolute atomic E-state index is 0.0841. The van der Waals surface area contributed by atoms with E-state index in [4.69, 9.17) is 40.6 Å². The van der Waals surface area contributed by atoms with Gasteiger partial charge in [-0.3, -0.25) is 10.2 Å². The second-order valence-electron chi connectivity index (χ2n) is 7.94. The number of carbonyl (C=O) groups excluding carboxylic acids is 1. The number of nitrogens with one attached hydrogen (secondary N) is 2. The van der Waals surface area contributed by atoms with Crippen LogP contribution in [-0.4, -0.2) is 25.1 Å². The van der Waals surface area contributed by atoms with Crippen LogP contribution < -0.4 is 20.8 Å². The summed E-state index contributed by atoms with van der Waals surface area (Å²) >= 11 is 17.7. The van der Waals surface area contributed by atoms with Crippen molar-refractivity contribution in [3.05, 3.63) is 87.4 Å². The maximum Gasteiger partial charge on any atom is 0.416 e. The topological polar surface area (TPSA) is 117 Å². The van der Waals surface area contributed by atoms with E-state index < -0.39 is 27.7 Å². The third-order valence-corrected chi connectivity index (χ3v) is 7.00. The van der Waals surface area contributed by atoms with Gasteiger partial charge in [-0.25, -0.2) is 13.6 Å². The number of thiocarbonyl (C=S) groups is 1. The third kappa shape index (κ3) is 5.92. The number of nitrogens with two attached hydrogens (primary N) is 1. The van der Waals surface area contributed by atoms with Gasteiger partial charge in [0.2, 0.25) is 10.0 Å². The number of hydrazone groups is 1. The summed E-state index contributed by atoms with van der Waals surface area (Å²) in [5.41, 5.74) is 2.56. The molecule has 0 bridgehead atoms. The van der Waals surface area contributed by atoms with Crippen molar-refractivity contribution in [2.45, 2.75) is 17.6 Å². The lowest BCUT2D eigenvalue weighted by Crippen LogP contribution is -2.32. The smallest absolute Gasteiger partial charge is 0.330 e. The molecule has 1 aliphatic heterocycles. The molecule has 198 valence electrons. The molecule has 0 fully saturated rings. The second-order valence-corrected chi connectivity index (χ2v) is 10.7. The van der Waals surface area contributed by atoms with Crippen molar-refractivity contribution in [2.75, 3.05) is 10.2 Å². The highest BCUT2D eigenvalue weighted by molar-refractivity contribution is 7.89. The van der Waals surface area contributed by atoms with Gasteiger partial charge in [0.1, 0.15) is 4.90 Å². The Bertz CT molecular complexity index is 1580. The summed E-state index contributed by atoms with van der Waals surface area (Å²) in [6.45, 7) is -0.102. The number of nitrogens with zero attached hydrogens (tertiary/aromatic N) is 2. The summed E-state index contributed by atoms with van der Waals surface area (Å²) in [5, 5.41) is 12.1. The van der Waals surface area contributed by atoms with Crippen molar-refractivity contribution < 1.29 is 26.4 Å². The van der Waals surface area contributed by atoms with Crippen molar-refractivity contribution in [3.8, 4) is 0 Å². The van der Waals surface area contributed by atoms with Gasteiger partial charge in [0.15, 0.2) is 10.8 Å². The lowest BCUT2D eigenvalue weighted by Gasteiger charge is -2.18. The van der Waals surface area contributed by atoms with Gasteiger partial charge in [-0.2, -0.15) is 18.3 Å². The fourth-order valence-corrected chi connectivity index (χ4v) is 5.13. The zero-order valence-corrected chi connectivity index (χ0v) is 22.0. The van der Waals surface area contributed by atoms with Crippen LogP contribution in [0.1, 0.15) is 16.7 Å². The molecule has 8 nitrogen and oxygen atoms in total. The molecule has 0 saturated carbocycles. The number of rotatable bonds is 5. The van der Waals surface area contributed by atoms with Gasteiger partial charge in [0.25, 0.3) is 5.91 Å². The van der Waals surface area contributed by atoms with Crippen LogP contribution in [0.25, 0.3) is 0 Å². The van der Waals surface area contributed by atoms with Gasteiger partial charge in [-0.1, -0.05) is 47.5 Å². The Morgan fingerprint density at radius 1 is 1.08 bits per heavy atom. The fraction of sp³-hybridized carbons (Fsp3) is 0.0870. The minimum Gasteiger partial charge on any atom is -0.330 e. The summed E-state index contributed by atoms with van der Waals surface area (Å²) < 4.78 is 62.4. The van der Waals surface area contributed by atoms with E-state index in [0.29, 0.717) is 5.56 Å². The van der Waals surface area contributed by atoms with Crippen LogP contribution in [0, 0.1) is 0 Å². The zero-order chi connectivity index (χ0) is 27.8. The number of fused-ring (bicyclic) bond motifs is 1. The normalized spacial score (nSPS) is 14.5. The number of hydrogen-bond acceptors (Lipinski definition) is 5. The number of sulfonamides is 1. The number of carbonyl (C=O) groups is 1. The van der Waals surface area contributed by atoms with Gasteiger partial charge in [0.05, 0.1) is 28.5 Å². The first kappa shape index (κ1) is 27.8. The van der Waals surface area contributed by atoms with E-state index in [1.165, 1.54) is 47.4 Å². The van der Waals surface area contributed by atoms with E-state index in [1.54, 1.807) is 6.07 Å². The quantitative estimate of drug-likeness (QED) is 0.283. The average Bonchev–Trinajstić information content (AvgIpc) is 3.07. The molecule has 4 N–H and O–H groups in total. The molecular formula is C23H16Cl2F3N5O3S2. The molecule has 3 aromatic carbocycles. The van der Waals surface area contributed by atoms with Gasteiger partial charge in [-0.15, -0.1) is 0 Å². The van der Waals surface area contributed by atoms with Gasteiger partial charge in [-0.05, 0) is 54.2 Å². The van der Waals surface area contributed by atoms with Crippen LogP contribution in [0.15, 0.2) is 70.7 Å². The van der Waals surface area contributed by atoms with Crippen LogP contribution in [-0.2, 0) is 27.5 Å². The molecule has 1 heterocycles. The van der Waals surface area contributed by atoms with Crippen molar-refractivity contribution in [2.24, 2.45) is 10.2 Å². The van der Waals surface area contributed by atoms with Gasteiger partial charge >= 0.3 is 6.18 Å². The van der Waals surface area contributed by atoms with Gasteiger partial charge < -0.3 is 10.2 Å². The zero-order valence-electron chi connectivity index (χ0n) is 18.9. The molecule has 3 aromatic rings. The lowest BCUT2D eigenvalue weighted by molar-refractivity contribution is -0.137. The molecule has 0 aromatic heterocycles. The average molecular weight is 602 g/mol. The standard InChI is InChI=1S/C23H16Cl2F3N5O3S2/c24-14-9-15-19(31-32-22(37)30-17-3-1-2-4-18(17)38(29,35)36)21(34)33(20(15)16(25)10-14)11-12-5-7-13(8-6-12)23(26,27)28/h1-10H,11H2,(H2,29,35,36)(H2,30,32,37). The molecule has 0 spiro atoms. The Balaban J connectivity index is 1.61. The summed E-state index contributed by atoms with van der Waals surface area (Å²) in [6, 6.07) is 13.0. The number of para-hydroxylation sites is 1. The van der Waals surface area contributed by atoms with E-state index in [1.807, 2.05) is 0 Å². The van der Waals surface area contributed by atoms with Crippen LogP contribution in [0.4, 0.5) is 24.5 Å². The first-order valence-corrected chi connectivity index (χ1v) is 13.2. The van der Waals surface area contributed by atoms with E-state index in [0.717, 1.165) is 12.1 Å². The highest BCUT2D eigenvalue weighted by Gasteiger charge is 2.37. The maximum atomic E-state index is 13.3. The number of amides is 1. The van der Waals surface area contributed by atoms with E-state index in [2.05, 4.69) is 15.8 Å². The largest absolute Gasteiger partial charge is 0.416 e. The molecule has 0 radical (unpaired) electrons. The highest BCUT2D eigenvalue weighted by atomic mass is 35.5. The second kappa shape index (κ2) is 10.5. The summed E-state index contributed by atoms with van der Waals surface area (Å²) in [7, 11) is -4.05. The number of benzene rings is 3. The highest BCUT2D eigenvalue weighted by Crippen LogP contribution is 2.39. The van der Waals surface area contributed by atoms with E-state index >= 15 is 0 Å². The van der Waals surface area contributed by atoms with Crippen molar-refractivity contribution in [1.82, 2.24) is 5.43 Å². The summed E-state index contributed by atoms with van der Waals surface area (Å²) in [6.07, 6.45) is -4.50. The lowest BCUT2D eigenvalue weighted by atomic mass is 10.1. The molecule has 1 amide bonds. The van der Waals surface area contributed by atoms with E-state index in [9.17, 15) is 26.4 Å². The van der Waals surface area contributed by atoms with Crippen LogP contribution in [0.2, 0.25) is 10.0 Å². The summed E-state index contributed by atoms with van der Waals surface area (Å²) in [5.74, 6) is -0.621. The Labute approximate surface area is 230 Å². The Hall–Kier alpha value is -3.23. The number of primary sulfonamides is 1. The number of anilines is 2. The third-order valence-electron chi connectivity index (χ3n) is 5.33. The number of hydrogen-bond donors (Lipinski definition) is 3. The molecule has 0 saturated heterocycles. The molecule has 0 unspecified atom stereocenters. The predicted octanol–water partition coefficient (Wildman–Crippen LogP) is 4.90. The van der Waals surface area contributed by atoms with Crippen molar-refractivity contribution >= 4 is 73.5 Å². The molecule has 4 rings (SSSR count). The Morgan fingerprint density at radius 3 is 2.37 bits per heavy atom. The molecular weight excluding hydrogens is 586 g/mol. The SMILES string of the molecule is NS(=O)(=O)c1ccccc1NC(=S)NN=C1C(=O)N(Cc2ccc(C(F)(F)F)cc2)c2c(Cl)cc(Cl)cc21. The first-order chi connectivity index (χ1) is 17.8. The fourth-order valence-electron chi connectivity index (χ4n) is 3.68. The Kier molecular flexibility index (Phi) is 7.68. The van der Waals surface area contributed by atoms with E-state index in [-0.39, 0.29) is 49.2 Å². The molecule has 15 heteroatoms.